The van der Waals surface area contributed by atoms with Crippen LogP contribution in [0.15, 0.2) is 400 Å². The fourth-order valence-electron chi connectivity index (χ4n) is 20.7. The summed E-state index contributed by atoms with van der Waals surface area (Å²) in [6.07, 6.45) is 0. The van der Waals surface area contributed by atoms with E-state index in [-0.39, 0.29) is 0 Å². The zero-order valence-corrected chi connectivity index (χ0v) is 62.9. The van der Waals surface area contributed by atoms with E-state index in [1.54, 1.807) is 0 Å². The molecule has 0 fully saturated rings. The second-order valence-corrected chi connectivity index (χ2v) is 31.7. The first kappa shape index (κ1) is 63.3. The molecule has 0 unspecified atom stereocenters. The van der Waals surface area contributed by atoms with Crippen molar-refractivity contribution >= 4 is 130 Å². The van der Waals surface area contributed by atoms with Crippen LogP contribution in [0, 0.1) is 0 Å². The first-order chi connectivity index (χ1) is 57.5. The molecular weight excluding hydrogens is 1400 g/mol. The maximum Gasteiger partial charge on any atom is 0.0553 e. The Labute approximate surface area is 667 Å². The predicted molar refractivity (Wildman–Crippen MR) is 490 cm³/mol. The first-order valence-electron chi connectivity index (χ1n) is 40.3. The third-order valence-corrected chi connectivity index (χ3v) is 25.8. The Balaban J connectivity index is 0.638. The van der Waals surface area contributed by atoms with Crippen LogP contribution in [0.3, 0.4) is 0 Å². The number of rotatable bonds is 9. The van der Waals surface area contributed by atoms with Crippen molar-refractivity contribution in [1.82, 2.24) is 18.3 Å². The minimum Gasteiger partial charge on any atom is -0.309 e. The Bertz CT molecular complexity index is 8390. The lowest BCUT2D eigenvalue weighted by atomic mass is 9.93. The summed E-state index contributed by atoms with van der Waals surface area (Å²) in [7, 11) is 0. The van der Waals surface area contributed by atoms with Gasteiger partial charge in [0.25, 0.3) is 0 Å². The second kappa shape index (κ2) is 24.1. The molecule has 26 rings (SSSR count). The van der Waals surface area contributed by atoms with E-state index in [0.717, 1.165) is 50.4 Å². The van der Waals surface area contributed by atoms with Crippen LogP contribution in [0.25, 0.3) is 253 Å². The molecule has 2 aliphatic carbocycles. The SMILES string of the molecule is c1ccc(-n2c3ccc(-c4ccc5c(c4)c4ccc(-c6cc7c(c8ccccc68)c6cc(-c8ccc9c(c8)c8ccccc8n9-c8cccc(-c9ccc%10c%11c(cccc9%11)-c9ccccc9-%10)c8)ccc6n7-c6ccccc6)cc4n5-c4cccc(-c5ccc6c7c(cccc57)-c5ccccc5-6)c4)cc3c3cc4ccccc4cc32)cc1. The number of hydrogen-bond donors (Lipinski definition) is 0. The van der Waals surface area contributed by atoms with Crippen LogP contribution in [-0.4, -0.2) is 18.3 Å². The standard InChI is InChI=1S/C112H66N4/c1-3-25-76(26-4-1)113-105-55-46-71(62-99(105)100-59-67-21-7-8-22-68(67)64-108(100)113)69-45-54-104-98(61-69)88-48-43-75(65-107(88)116(104)79-30-18-24-74(58-79)81-50-52-95-85-34-12-10-32-83(85)92-41-20-39-90(81)111(92)95)96-66-109-112(93-37-14-13-35-86(93)96)101-63-72(47-56-106(101)114(109)77-27-5-2-6-28-77)70-44-53-103-97(60-70)87-36-15-16-42-102(87)115(103)78-29-17-23-73(57-78)80-49-51-94-84-33-11-9-31-82(84)91-40-19-38-89(80)110(91)94/h1-66H. The van der Waals surface area contributed by atoms with Gasteiger partial charge in [-0.15, -0.1) is 0 Å². The van der Waals surface area contributed by atoms with Gasteiger partial charge in [-0.05, 0) is 271 Å². The van der Waals surface area contributed by atoms with Gasteiger partial charge in [0, 0.05) is 65.8 Å². The van der Waals surface area contributed by atoms with Crippen LogP contribution in [0.4, 0.5) is 0 Å². The van der Waals surface area contributed by atoms with E-state index in [9.17, 15) is 0 Å². The molecule has 0 saturated heterocycles. The monoisotopic (exact) mass is 1470 g/mol. The van der Waals surface area contributed by atoms with Gasteiger partial charge in [0.2, 0.25) is 0 Å². The lowest BCUT2D eigenvalue weighted by Crippen LogP contribution is -1.96. The predicted octanol–water partition coefficient (Wildman–Crippen LogP) is 30.3. The smallest absolute Gasteiger partial charge is 0.0553 e. The minimum absolute atomic E-state index is 1.10. The maximum atomic E-state index is 2.53. The first-order valence-corrected chi connectivity index (χ1v) is 40.3. The molecule has 4 aromatic heterocycles. The Morgan fingerprint density at radius 3 is 1.03 bits per heavy atom. The number of fused-ring (bicyclic) bond motifs is 21. The van der Waals surface area contributed by atoms with Crippen LogP contribution < -0.4 is 0 Å². The molecule has 0 aliphatic heterocycles. The van der Waals surface area contributed by atoms with Crippen LogP contribution in [-0.2, 0) is 0 Å². The van der Waals surface area contributed by atoms with Crippen LogP contribution in [0.5, 0.6) is 0 Å². The van der Waals surface area contributed by atoms with Gasteiger partial charge < -0.3 is 18.3 Å². The summed E-state index contributed by atoms with van der Waals surface area (Å²) >= 11 is 0. The second-order valence-electron chi connectivity index (χ2n) is 31.7. The lowest BCUT2D eigenvalue weighted by Gasteiger charge is -2.14. The van der Waals surface area contributed by atoms with Crippen molar-refractivity contribution in [3.05, 3.63) is 400 Å². The molecule has 2 aliphatic rings. The Kier molecular flexibility index (Phi) is 13.1. The highest BCUT2D eigenvalue weighted by Gasteiger charge is 2.28. The van der Waals surface area contributed by atoms with Crippen molar-refractivity contribution in [2.75, 3.05) is 0 Å². The Hall–Kier alpha value is -15.4. The van der Waals surface area contributed by atoms with Gasteiger partial charge in [-0.2, -0.15) is 0 Å². The lowest BCUT2D eigenvalue weighted by molar-refractivity contribution is 1.18. The molecule has 20 aromatic carbocycles. The van der Waals surface area contributed by atoms with Gasteiger partial charge in [-0.1, -0.05) is 273 Å². The highest BCUT2D eigenvalue weighted by molar-refractivity contribution is 6.27. The molecule has 4 heterocycles. The minimum atomic E-state index is 1.10. The molecular formula is C112H66N4. The average molecular weight is 1470 g/mol. The molecule has 534 valence electrons. The van der Waals surface area contributed by atoms with E-state index in [2.05, 4.69) is 419 Å². The molecule has 0 spiro atoms. The van der Waals surface area contributed by atoms with Crippen molar-refractivity contribution in [3.63, 3.8) is 0 Å². The number of benzene rings is 20. The molecule has 4 heteroatoms. The summed E-state index contributed by atoms with van der Waals surface area (Å²) in [6, 6.07) is 151. The fourth-order valence-corrected chi connectivity index (χ4v) is 20.7. The zero-order chi connectivity index (χ0) is 75.5. The van der Waals surface area contributed by atoms with Gasteiger partial charge in [0.05, 0.1) is 44.1 Å². The zero-order valence-electron chi connectivity index (χ0n) is 62.9. The average Bonchev–Trinajstić information content (AvgIpc) is 1.65. The summed E-state index contributed by atoms with van der Waals surface area (Å²) in [5.74, 6) is 0. The summed E-state index contributed by atoms with van der Waals surface area (Å²) < 4.78 is 9.93. The highest BCUT2D eigenvalue weighted by atomic mass is 15.0. The van der Waals surface area contributed by atoms with Crippen LogP contribution in [0.2, 0.25) is 0 Å². The van der Waals surface area contributed by atoms with Gasteiger partial charge in [0.15, 0.2) is 0 Å². The van der Waals surface area contributed by atoms with E-state index >= 15 is 0 Å². The molecule has 0 amide bonds. The van der Waals surface area contributed by atoms with Crippen molar-refractivity contribution < 1.29 is 0 Å². The van der Waals surface area contributed by atoms with Crippen LogP contribution >= 0.6 is 0 Å². The van der Waals surface area contributed by atoms with E-state index in [4.69, 9.17) is 0 Å². The van der Waals surface area contributed by atoms with Gasteiger partial charge in [-0.25, -0.2) is 0 Å². The van der Waals surface area contributed by atoms with Crippen molar-refractivity contribution in [2.45, 2.75) is 0 Å². The summed E-state index contributed by atoms with van der Waals surface area (Å²) in [5.41, 5.74) is 36.2. The molecule has 0 bridgehead atoms. The largest absolute Gasteiger partial charge is 0.309 e. The van der Waals surface area contributed by atoms with E-state index in [1.807, 2.05) is 0 Å². The van der Waals surface area contributed by atoms with Crippen LogP contribution in [0.1, 0.15) is 0 Å². The Morgan fingerprint density at radius 1 is 0.121 bits per heavy atom. The molecule has 0 N–H and O–H groups in total. The number of nitrogens with zero attached hydrogens (tertiary/aromatic N) is 4. The summed E-state index contributed by atoms with van der Waals surface area (Å²) in [5, 5.41) is 19.8. The third-order valence-electron chi connectivity index (χ3n) is 25.8. The fraction of sp³-hybridized carbons (Fsp3) is 0. The van der Waals surface area contributed by atoms with Crippen molar-refractivity contribution in [3.8, 4) is 123 Å². The molecule has 0 atom stereocenters. The maximum absolute atomic E-state index is 2.53. The summed E-state index contributed by atoms with van der Waals surface area (Å²) in [4.78, 5) is 0. The van der Waals surface area contributed by atoms with Gasteiger partial charge in [-0.3, -0.25) is 0 Å². The van der Waals surface area contributed by atoms with Crippen molar-refractivity contribution in [2.24, 2.45) is 0 Å². The molecule has 0 saturated carbocycles. The third kappa shape index (κ3) is 9.03. The van der Waals surface area contributed by atoms with Gasteiger partial charge in [0.1, 0.15) is 0 Å². The normalized spacial score (nSPS) is 12.3. The van der Waals surface area contributed by atoms with E-state index < -0.39 is 0 Å². The topological polar surface area (TPSA) is 19.7 Å². The number of aromatic nitrogens is 4. The summed E-state index contributed by atoms with van der Waals surface area (Å²) in [6.45, 7) is 0. The van der Waals surface area contributed by atoms with Crippen molar-refractivity contribution in [1.29, 1.82) is 0 Å². The van der Waals surface area contributed by atoms with E-state index in [0.29, 0.717) is 0 Å². The number of hydrogen-bond acceptors (Lipinski definition) is 0. The van der Waals surface area contributed by atoms with Gasteiger partial charge >= 0.3 is 0 Å². The quantitative estimate of drug-likeness (QED) is 0.137. The highest BCUT2D eigenvalue weighted by Crippen LogP contribution is 2.53. The molecule has 0 radical (unpaired) electrons. The Morgan fingerprint density at radius 2 is 0.466 bits per heavy atom. The molecule has 24 aromatic rings. The molecule has 116 heavy (non-hydrogen) atoms. The van der Waals surface area contributed by atoms with E-state index in [1.165, 1.54) is 203 Å². The number of para-hydroxylation sites is 3. The molecule has 4 nitrogen and oxygen atoms in total.